The second-order valence-corrected chi connectivity index (χ2v) is 7.18. The van der Waals surface area contributed by atoms with E-state index in [0.717, 1.165) is 4.88 Å². The van der Waals surface area contributed by atoms with Gasteiger partial charge >= 0.3 is 12.0 Å². The summed E-state index contributed by atoms with van der Waals surface area (Å²) in [5.41, 5.74) is 0.610. The summed E-state index contributed by atoms with van der Waals surface area (Å²) in [6.07, 6.45) is 0. The predicted molar refractivity (Wildman–Crippen MR) is 104 cm³/mol. The molecule has 144 valence electrons. The van der Waals surface area contributed by atoms with Gasteiger partial charge in [-0.3, -0.25) is 4.79 Å². The van der Waals surface area contributed by atoms with Gasteiger partial charge in [-0.15, -0.1) is 11.3 Å². The van der Waals surface area contributed by atoms with Gasteiger partial charge in [-0.25, -0.2) is 9.59 Å². The largest absolute Gasteiger partial charge is 0.454 e. The fourth-order valence-electron chi connectivity index (χ4n) is 2.20. The molecule has 1 atom stereocenters. The van der Waals surface area contributed by atoms with Crippen molar-refractivity contribution < 1.29 is 19.1 Å². The Hall–Kier alpha value is -2.87. The average molecular weight is 389 g/mol. The number of anilines is 1. The molecule has 0 bridgehead atoms. The number of rotatable bonds is 8. The van der Waals surface area contributed by atoms with Crippen LogP contribution in [0.4, 0.5) is 10.5 Å². The average Bonchev–Trinajstić information content (AvgIpc) is 3.16. The van der Waals surface area contributed by atoms with Crippen molar-refractivity contribution >= 4 is 34.9 Å². The van der Waals surface area contributed by atoms with Crippen LogP contribution in [0.25, 0.3) is 0 Å². The Morgan fingerprint density at radius 3 is 2.44 bits per heavy atom. The number of urea groups is 1. The third-order valence-electron chi connectivity index (χ3n) is 3.62. The van der Waals surface area contributed by atoms with Gasteiger partial charge in [-0.2, -0.15) is 0 Å². The molecule has 3 N–H and O–H groups in total. The molecule has 0 saturated heterocycles. The van der Waals surface area contributed by atoms with Gasteiger partial charge in [0.2, 0.25) is 0 Å². The topological polar surface area (TPSA) is 96.5 Å². The van der Waals surface area contributed by atoms with E-state index in [4.69, 9.17) is 4.74 Å². The lowest BCUT2D eigenvalue weighted by Crippen LogP contribution is -2.47. The summed E-state index contributed by atoms with van der Waals surface area (Å²) in [4.78, 5) is 37.2. The quantitative estimate of drug-likeness (QED) is 0.605. The maximum Gasteiger partial charge on any atom is 0.329 e. The smallest absolute Gasteiger partial charge is 0.329 e. The SMILES string of the molecule is CC(C)[C@H](NC(=O)Nc1ccccc1)C(=O)OCC(=O)NCc1cccs1. The number of carbonyl (C=O) groups is 3. The lowest BCUT2D eigenvalue weighted by Gasteiger charge is -2.21. The summed E-state index contributed by atoms with van der Waals surface area (Å²) < 4.78 is 5.06. The van der Waals surface area contributed by atoms with Crippen molar-refractivity contribution in [3.05, 3.63) is 52.7 Å². The number of ether oxygens (including phenoxy) is 1. The van der Waals surface area contributed by atoms with Gasteiger partial charge in [0.25, 0.3) is 5.91 Å². The molecule has 1 aromatic carbocycles. The van der Waals surface area contributed by atoms with E-state index < -0.39 is 30.6 Å². The second-order valence-electron chi connectivity index (χ2n) is 6.15. The standard InChI is InChI=1S/C19H23N3O4S/c1-13(2)17(22-19(25)21-14-7-4-3-5-8-14)18(24)26-12-16(23)20-11-15-9-6-10-27-15/h3-10,13,17H,11-12H2,1-2H3,(H,20,23)(H2,21,22,25)/t17-/m0/s1. The molecule has 0 aliphatic carbocycles. The molecule has 0 aliphatic rings. The summed E-state index contributed by atoms with van der Waals surface area (Å²) in [6, 6.07) is 11.3. The number of carbonyl (C=O) groups excluding carboxylic acids is 3. The molecule has 2 aromatic rings. The lowest BCUT2D eigenvalue weighted by atomic mass is 10.1. The molecule has 27 heavy (non-hydrogen) atoms. The van der Waals surface area contributed by atoms with Crippen LogP contribution in [0.2, 0.25) is 0 Å². The summed E-state index contributed by atoms with van der Waals surface area (Å²) in [6.45, 7) is 3.56. The van der Waals surface area contributed by atoms with Crippen LogP contribution in [0.15, 0.2) is 47.8 Å². The van der Waals surface area contributed by atoms with Gasteiger partial charge in [-0.05, 0) is 29.5 Å². The summed E-state index contributed by atoms with van der Waals surface area (Å²) >= 11 is 1.53. The van der Waals surface area contributed by atoms with E-state index >= 15 is 0 Å². The minimum absolute atomic E-state index is 0.201. The highest BCUT2D eigenvalue weighted by Gasteiger charge is 2.26. The molecule has 0 spiro atoms. The molecule has 0 fully saturated rings. The Labute approximate surface area is 162 Å². The normalized spacial score (nSPS) is 11.5. The van der Waals surface area contributed by atoms with E-state index in [1.54, 1.807) is 38.1 Å². The van der Waals surface area contributed by atoms with E-state index in [-0.39, 0.29) is 5.92 Å². The molecular formula is C19H23N3O4S. The van der Waals surface area contributed by atoms with Crippen LogP contribution >= 0.6 is 11.3 Å². The maximum absolute atomic E-state index is 12.3. The monoisotopic (exact) mass is 389 g/mol. The number of hydrogen-bond donors (Lipinski definition) is 3. The molecule has 7 nitrogen and oxygen atoms in total. The Bertz CT molecular complexity index is 748. The number of benzene rings is 1. The minimum Gasteiger partial charge on any atom is -0.454 e. The Balaban J connectivity index is 1.79. The first-order chi connectivity index (χ1) is 13.0. The molecule has 1 aromatic heterocycles. The highest BCUT2D eigenvalue weighted by molar-refractivity contribution is 7.09. The molecule has 0 saturated carbocycles. The highest BCUT2D eigenvalue weighted by Crippen LogP contribution is 2.08. The molecule has 1 heterocycles. The zero-order chi connectivity index (χ0) is 19.6. The van der Waals surface area contributed by atoms with E-state index in [2.05, 4.69) is 16.0 Å². The van der Waals surface area contributed by atoms with Gasteiger partial charge in [0.05, 0.1) is 6.54 Å². The number of esters is 1. The Morgan fingerprint density at radius 2 is 1.81 bits per heavy atom. The molecule has 0 unspecified atom stereocenters. The molecule has 2 rings (SSSR count). The van der Waals surface area contributed by atoms with Crippen LogP contribution in [0.1, 0.15) is 18.7 Å². The van der Waals surface area contributed by atoms with Crippen molar-refractivity contribution in [1.29, 1.82) is 0 Å². The van der Waals surface area contributed by atoms with E-state index in [1.165, 1.54) is 11.3 Å². The number of amides is 3. The zero-order valence-corrected chi connectivity index (χ0v) is 16.0. The van der Waals surface area contributed by atoms with Gasteiger partial charge in [0, 0.05) is 10.6 Å². The van der Waals surface area contributed by atoms with Crippen molar-refractivity contribution in [3.8, 4) is 0 Å². The number of nitrogens with one attached hydrogen (secondary N) is 3. The van der Waals surface area contributed by atoms with Crippen molar-refractivity contribution in [2.75, 3.05) is 11.9 Å². The third kappa shape index (κ3) is 7.10. The Morgan fingerprint density at radius 1 is 1.07 bits per heavy atom. The van der Waals surface area contributed by atoms with Crippen molar-refractivity contribution in [3.63, 3.8) is 0 Å². The molecule has 8 heteroatoms. The van der Waals surface area contributed by atoms with E-state index in [0.29, 0.717) is 12.2 Å². The zero-order valence-electron chi connectivity index (χ0n) is 15.2. The van der Waals surface area contributed by atoms with Crippen molar-refractivity contribution in [1.82, 2.24) is 10.6 Å². The number of thiophene rings is 1. The first-order valence-electron chi connectivity index (χ1n) is 8.54. The van der Waals surface area contributed by atoms with E-state index in [1.807, 2.05) is 23.6 Å². The molecule has 3 amide bonds. The number of para-hydroxylation sites is 1. The van der Waals surface area contributed by atoms with E-state index in [9.17, 15) is 14.4 Å². The summed E-state index contributed by atoms with van der Waals surface area (Å²) in [5, 5.41) is 9.83. The second kappa shape index (κ2) is 10.3. The summed E-state index contributed by atoms with van der Waals surface area (Å²) in [5.74, 6) is -1.25. The van der Waals surface area contributed by atoms with Crippen LogP contribution in [-0.4, -0.2) is 30.6 Å². The molecule has 0 radical (unpaired) electrons. The van der Waals surface area contributed by atoms with Crippen LogP contribution in [0, 0.1) is 5.92 Å². The molecular weight excluding hydrogens is 366 g/mol. The van der Waals surface area contributed by atoms with Crippen molar-refractivity contribution in [2.45, 2.75) is 26.4 Å². The first-order valence-corrected chi connectivity index (χ1v) is 9.42. The van der Waals surface area contributed by atoms with Gasteiger partial charge in [-0.1, -0.05) is 38.1 Å². The van der Waals surface area contributed by atoms with Crippen LogP contribution < -0.4 is 16.0 Å². The Kier molecular flexibility index (Phi) is 7.81. The van der Waals surface area contributed by atoms with Crippen molar-refractivity contribution in [2.24, 2.45) is 5.92 Å². The van der Waals surface area contributed by atoms with Gasteiger partial charge in [0.15, 0.2) is 6.61 Å². The molecule has 0 aliphatic heterocycles. The van der Waals surface area contributed by atoms with Gasteiger partial charge in [0.1, 0.15) is 6.04 Å². The van der Waals surface area contributed by atoms with Gasteiger partial charge < -0.3 is 20.7 Å². The fraction of sp³-hybridized carbons (Fsp3) is 0.316. The summed E-state index contributed by atoms with van der Waals surface area (Å²) in [7, 11) is 0. The fourth-order valence-corrected chi connectivity index (χ4v) is 2.85. The maximum atomic E-state index is 12.3. The van der Waals surface area contributed by atoms with Crippen LogP contribution in [-0.2, 0) is 20.9 Å². The first kappa shape index (κ1) is 20.4. The van der Waals surface area contributed by atoms with Crippen LogP contribution in [0.3, 0.4) is 0 Å². The third-order valence-corrected chi connectivity index (χ3v) is 4.50. The number of hydrogen-bond acceptors (Lipinski definition) is 5. The highest BCUT2D eigenvalue weighted by atomic mass is 32.1. The van der Waals surface area contributed by atoms with Crippen LogP contribution in [0.5, 0.6) is 0 Å². The minimum atomic E-state index is -0.862. The predicted octanol–water partition coefficient (Wildman–Crippen LogP) is 2.75. The lowest BCUT2D eigenvalue weighted by molar-refractivity contribution is -0.151.